The maximum Gasteiger partial charge on any atom is 0.118 e. The molecule has 1 aliphatic heterocycles. The fraction of sp³-hybridized carbons (Fsp3) is 0.545. The highest BCUT2D eigenvalue weighted by molar-refractivity contribution is 6.83. The smallest absolute Gasteiger partial charge is 0.0893 e. The van der Waals surface area contributed by atoms with E-state index in [1.165, 1.54) is 64.2 Å². The molecule has 0 bridgehead atoms. The number of hydrogen-bond donors (Lipinski definition) is 0. The second kappa shape index (κ2) is 7.21. The van der Waals surface area contributed by atoms with Gasteiger partial charge in [0, 0.05) is 0 Å². The Bertz CT molecular complexity index is 574. The molecule has 2 saturated carbocycles. The number of allylic oxidation sites excluding steroid dienone is 2. The third-order valence-electron chi connectivity index (χ3n) is 6.34. The van der Waals surface area contributed by atoms with E-state index in [9.17, 15) is 0 Å². The van der Waals surface area contributed by atoms with Crippen LogP contribution in [-0.2, 0) is 0 Å². The second-order valence-electron chi connectivity index (χ2n) is 7.82. The molecule has 1 aromatic rings. The van der Waals surface area contributed by atoms with Gasteiger partial charge >= 0.3 is 0 Å². The van der Waals surface area contributed by atoms with Crippen LogP contribution in [0.25, 0.3) is 0 Å². The van der Waals surface area contributed by atoms with Gasteiger partial charge in [-0.1, -0.05) is 85.5 Å². The van der Waals surface area contributed by atoms with Crippen molar-refractivity contribution in [2.45, 2.75) is 76.0 Å². The molecule has 3 aliphatic rings. The highest BCUT2D eigenvalue weighted by atomic mass is 28.3. The summed E-state index contributed by atoms with van der Waals surface area (Å²) in [4.78, 5) is 0. The van der Waals surface area contributed by atoms with Gasteiger partial charge in [-0.2, -0.15) is 0 Å². The minimum atomic E-state index is -0.993. The first-order chi connectivity index (χ1) is 11.4. The van der Waals surface area contributed by atoms with Gasteiger partial charge in [0.2, 0.25) is 0 Å². The molecule has 4 rings (SSSR count). The van der Waals surface area contributed by atoms with Crippen LogP contribution in [-0.4, -0.2) is 8.80 Å². The van der Waals surface area contributed by atoms with Gasteiger partial charge in [0.05, 0.1) is 0 Å². The van der Waals surface area contributed by atoms with Gasteiger partial charge in [-0.05, 0) is 48.6 Å². The fourth-order valence-electron chi connectivity index (χ4n) is 5.16. The molecule has 122 valence electrons. The summed E-state index contributed by atoms with van der Waals surface area (Å²) in [5, 5.41) is 1.75. The monoisotopic (exact) mass is 322 g/mol. The maximum absolute atomic E-state index is 2.52. The molecule has 0 spiro atoms. The maximum atomic E-state index is 2.52. The molecule has 0 unspecified atom stereocenters. The van der Waals surface area contributed by atoms with Crippen LogP contribution in [0.5, 0.6) is 0 Å². The van der Waals surface area contributed by atoms with Crippen LogP contribution in [0.1, 0.15) is 87.2 Å². The van der Waals surface area contributed by atoms with Gasteiger partial charge in [0.1, 0.15) is 8.80 Å². The van der Waals surface area contributed by atoms with Crippen LogP contribution in [0.15, 0.2) is 41.7 Å². The van der Waals surface area contributed by atoms with E-state index in [0.29, 0.717) is 0 Å². The van der Waals surface area contributed by atoms with Crippen LogP contribution in [0.3, 0.4) is 0 Å². The van der Waals surface area contributed by atoms with Gasteiger partial charge in [0.25, 0.3) is 0 Å². The van der Waals surface area contributed by atoms with Crippen molar-refractivity contribution in [1.82, 2.24) is 0 Å². The van der Waals surface area contributed by atoms with E-state index in [1.54, 1.807) is 10.8 Å². The Balaban J connectivity index is 1.75. The summed E-state index contributed by atoms with van der Waals surface area (Å²) in [7, 11) is -0.993. The molecule has 1 heteroatoms. The molecule has 2 aliphatic carbocycles. The van der Waals surface area contributed by atoms with Crippen molar-refractivity contribution in [3.8, 4) is 0 Å². The SMILES string of the molecule is C1=C[SiH](c2cccc(C3CCCCC3)c2C2CCCCC2)C=C1. The van der Waals surface area contributed by atoms with Gasteiger partial charge in [0.15, 0.2) is 0 Å². The minimum Gasteiger partial charge on any atom is -0.0893 e. The molecule has 0 amide bonds. The third kappa shape index (κ3) is 3.26. The lowest BCUT2D eigenvalue weighted by Gasteiger charge is -2.32. The molecule has 2 fully saturated rings. The van der Waals surface area contributed by atoms with Crippen molar-refractivity contribution in [2.24, 2.45) is 0 Å². The van der Waals surface area contributed by atoms with Crippen molar-refractivity contribution in [3.05, 3.63) is 52.9 Å². The highest BCUT2D eigenvalue weighted by Gasteiger charge is 2.28. The summed E-state index contributed by atoms with van der Waals surface area (Å²) in [5.74, 6) is 1.70. The van der Waals surface area contributed by atoms with Crippen LogP contribution >= 0.6 is 0 Å². The molecular formula is C22H30Si. The van der Waals surface area contributed by atoms with Crippen LogP contribution < -0.4 is 5.19 Å². The molecule has 0 saturated heterocycles. The van der Waals surface area contributed by atoms with Crippen molar-refractivity contribution < 1.29 is 0 Å². The Labute approximate surface area is 143 Å². The Morgan fingerprint density at radius 1 is 0.696 bits per heavy atom. The summed E-state index contributed by atoms with van der Waals surface area (Å²) in [6, 6.07) is 7.35. The Kier molecular flexibility index (Phi) is 4.84. The second-order valence-corrected chi connectivity index (χ2v) is 10.3. The number of benzene rings is 1. The van der Waals surface area contributed by atoms with E-state index in [0.717, 1.165) is 11.8 Å². The largest absolute Gasteiger partial charge is 0.118 e. The summed E-state index contributed by atoms with van der Waals surface area (Å²) >= 11 is 0. The lowest BCUT2D eigenvalue weighted by Crippen LogP contribution is -2.32. The van der Waals surface area contributed by atoms with E-state index >= 15 is 0 Å². The molecular weight excluding hydrogens is 292 g/mol. The van der Waals surface area contributed by atoms with Crippen molar-refractivity contribution in [3.63, 3.8) is 0 Å². The zero-order chi connectivity index (χ0) is 15.5. The molecule has 0 N–H and O–H groups in total. The van der Waals surface area contributed by atoms with Gasteiger partial charge in [-0.15, -0.1) is 0 Å². The molecule has 0 nitrogen and oxygen atoms in total. The fourth-order valence-corrected chi connectivity index (χ4v) is 7.54. The Morgan fingerprint density at radius 2 is 1.30 bits per heavy atom. The Morgan fingerprint density at radius 3 is 1.96 bits per heavy atom. The predicted molar refractivity (Wildman–Crippen MR) is 103 cm³/mol. The zero-order valence-corrected chi connectivity index (χ0v) is 15.5. The lowest BCUT2D eigenvalue weighted by atomic mass is 9.76. The summed E-state index contributed by atoms with van der Waals surface area (Å²) in [5.41, 5.74) is 8.63. The van der Waals surface area contributed by atoms with Gasteiger partial charge in [-0.25, -0.2) is 0 Å². The molecule has 0 atom stereocenters. The molecule has 1 aromatic carbocycles. The summed E-state index contributed by atoms with van der Waals surface area (Å²) in [6.45, 7) is 0. The predicted octanol–water partition coefficient (Wildman–Crippen LogP) is 5.42. The normalized spacial score (nSPS) is 23.7. The molecule has 0 aromatic heterocycles. The molecule has 23 heavy (non-hydrogen) atoms. The number of rotatable bonds is 3. The first-order valence-electron chi connectivity index (χ1n) is 9.91. The summed E-state index contributed by atoms with van der Waals surface area (Å²) < 4.78 is 0. The van der Waals surface area contributed by atoms with E-state index in [1.807, 2.05) is 5.56 Å². The highest BCUT2D eigenvalue weighted by Crippen LogP contribution is 2.40. The third-order valence-corrected chi connectivity index (χ3v) is 8.83. The average Bonchev–Trinajstić information content (AvgIpc) is 3.17. The van der Waals surface area contributed by atoms with Crippen LogP contribution in [0.4, 0.5) is 0 Å². The quantitative estimate of drug-likeness (QED) is 0.652. The van der Waals surface area contributed by atoms with Crippen molar-refractivity contribution in [2.75, 3.05) is 0 Å². The molecule has 0 radical (unpaired) electrons. The summed E-state index contributed by atoms with van der Waals surface area (Å²) in [6.07, 6.45) is 19.0. The van der Waals surface area contributed by atoms with Gasteiger partial charge < -0.3 is 0 Å². The topological polar surface area (TPSA) is 0 Å². The zero-order valence-electron chi connectivity index (χ0n) is 14.3. The average molecular weight is 323 g/mol. The van der Waals surface area contributed by atoms with E-state index in [4.69, 9.17) is 0 Å². The first kappa shape index (κ1) is 15.4. The van der Waals surface area contributed by atoms with Gasteiger partial charge in [-0.3, -0.25) is 0 Å². The van der Waals surface area contributed by atoms with Crippen molar-refractivity contribution in [1.29, 1.82) is 0 Å². The van der Waals surface area contributed by atoms with Crippen LogP contribution in [0, 0.1) is 0 Å². The lowest BCUT2D eigenvalue weighted by molar-refractivity contribution is 0.420. The van der Waals surface area contributed by atoms with E-state index in [-0.39, 0.29) is 0 Å². The molecule has 1 heterocycles. The standard InChI is InChI=1S/C22H30Si/c1-3-10-18(11-4-1)20-14-9-15-21(23-16-7-8-17-23)22(20)19-12-5-2-6-13-19/h7-9,14-19,23H,1-6,10-13H2. The first-order valence-corrected chi connectivity index (χ1v) is 11.8. The van der Waals surface area contributed by atoms with E-state index < -0.39 is 8.80 Å². The van der Waals surface area contributed by atoms with Crippen LogP contribution in [0.2, 0.25) is 0 Å². The minimum absolute atomic E-state index is 0.851. The number of hydrogen-bond acceptors (Lipinski definition) is 0. The van der Waals surface area contributed by atoms with Crippen molar-refractivity contribution >= 4 is 14.0 Å². The Hall–Kier alpha value is -1.08. The van der Waals surface area contributed by atoms with E-state index in [2.05, 4.69) is 41.7 Å².